The third-order valence-electron chi connectivity index (χ3n) is 1.81. The highest BCUT2D eigenvalue weighted by molar-refractivity contribution is 6.35. The molecule has 2 rings (SSSR count). The second-order valence-electron chi connectivity index (χ2n) is 2.76. The van der Waals surface area contributed by atoms with Gasteiger partial charge in [0.25, 0.3) is 0 Å². The molecule has 14 heavy (non-hydrogen) atoms. The highest BCUT2D eigenvalue weighted by atomic mass is 35.5. The average molecular weight is 208 g/mol. The number of halogens is 1. The number of hydrogen-bond acceptors (Lipinski definition) is 1. The first-order valence-corrected chi connectivity index (χ1v) is 5.17. The quantitative estimate of drug-likeness (QED) is 0.630. The normalized spacial score (nSPS) is 9.43. The van der Waals surface area contributed by atoms with Crippen molar-refractivity contribution in [3.8, 4) is 0 Å². The maximum atomic E-state index is 5.97. The summed E-state index contributed by atoms with van der Waals surface area (Å²) in [7, 11) is 0. The van der Waals surface area contributed by atoms with Gasteiger partial charge in [-0.1, -0.05) is 43.6 Å². The Balaban J connectivity index is 0.000000461. The van der Waals surface area contributed by atoms with Crippen LogP contribution in [0.15, 0.2) is 30.3 Å². The van der Waals surface area contributed by atoms with E-state index >= 15 is 0 Å². The smallest absolute Gasteiger partial charge is 0.0891 e. The molecule has 1 heterocycles. The van der Waals surface area contributed by atoms with Gasteiger partial charge in [-0.15, -0.1) is 0 Å². The standard InChI is InChI=1S/C10H8ClN.C2H6/c1-7-5-6-8-3-2-4-9(11)10(8)12-7;1-2/h2-6H,1H3;1-2H3. The molecule has 0 fully saturated rings. The molecule has 0 aliphatic heterocycles. The average Bonchev–Trinajstić information content (AvgIpc) is 2.22. The zero-order valence-corrected chi connectivity index (χ0v) is 9.47. The minimum absolute atomic E-state index is 0.719. The maximum Gasteiger partial charge on any atom is 0.0891 e. The molecule has 0 aliphatic carbocycles. The summed E-state index contributed by atoms with van der Waals surface area (Å²) in [4.78, 5) is 4.34. The summed E-state index contributed by atoms with van der Waals surface area (Å²) in [5.74, 6) is 0. The van der Waals surface area contributed by atoms with Crippen LogP contribution in [0.25, 0.3) is 10.9 Å². The number of rotatable bonds is 0. The zero-order chi connectivity index (χ0) is 10.6. The molecule has 1 nitrogen and oxygen atoms in total. The Bertz CT molecular complexity index is 424. The van der Waals surface area contributed by atoms with E-state index < -0.39 is 0 Å². The molecule has 74 valence electrons. The van der Waals surface area contributed by atoms with Crippen LogP contribution in [-0.2, 0) is 0 Å². The minimum Gasteiger partial charge on any atom is -0.252 e. The fourth-order valence-electron chi connectivity index (χ4n) is 1.21. The topological polar surface area (TPSA) is 12.9 Å². The Morgan fingerprint density at radius 2 is 1.79 bits per heavy atom. The molecule has 0 radical (unpaired) electrons. The fourth-order valence-corrected chi connectivity index (χ4v) is 1.43. The Morgan fingerprint density at radius 1 is 1.07 bits per heavy atom. The van der Waals surface area contributed by atoms with Gasteiger partial charge in [-0.3, -0.25) is 4.98 Å². The van der Waals surface area contributed by atoms with E-state index in [-0.39, 0.29) is 0 Å². The molecule has 2 aromatic rings. The van der Waals surface area contributed by atoms with E-state index in [0.717, 1.165) is 21.6 Å². The van der Waals surface area contributed by atoms with Crippen molar-refractivity contribution in [3.63, 3.8) is 0 Å². The largest absolute Gasteiger partial charge is 0.252 e. The van der Waals surface area contributed by atoms with Crippen LogP contribution in [0.2, 0.25) is 5.02 Å². The number of fused-ring (bicyclic) bond motifs is 1. The molecule has 0 saturated carbocycles. The molecule has 1 aromatic heterocycles. The van der Waals surface area contributed by atoms with Gasteiger partial charge < -0.3 is 0 Å². The summed E-state index contributed by atoms with van der Waals surface area (Å²) in [5.41, 5.74) is 1.88. The molecular formula is C12H14ClN. The molecule has 0 aliphatic rings. The maximum absolute atomic E-state index is 5.97. The predicted octanol–water partition coefficient (Wildman–Crippen LogP) is 4.22. The monoisotopic (exact) mass is 207 g/mol. The molecule has 2 heteroatoms. The Kier molecular flexibility index (Phi) is 3.90. The van der Waals surface area contributed by atoms with Crippen molar-refractivity contribution in [2.45, 2.75) is 20.8 Å². The summed E-state index contributed by atoms with van der Waals surface area (Å²) in [6.45, 7) is 5.96. The van der Waals surface area contributed by atoms with Crippen LogP contribution in [0.5, 0.6) is 0 Å². The molecule has 0 unspecified atom stereocenters. The molecule has 0 N–H and O–H groups in total. The zero-order valence-electron chi connectivity index (χ0n) is 8.71. The van der Waals surface area contributed by atoms with Crippen molar-refractivity contribution in [1.29, 1.82) is 0 Å². The summed E-state index contributed by atoms with van der Waals surface area (Å²) in [5, 5.41) is 1.81. The van der Waals surface area contributed by atoms with E-state index in [9.17, 15) is 0 Å². The van der Waals surface area contributed by atoms with Crippen molar-refractivity contribution in [1.82, 2.24) is 4.98 Å². The Labute approximate surface area is 89.7 Å². The van der Waals surface area contributed by atoms with Crippen LogP contribution in [0, 0.1) is 6.92 Å². The fraction of sp³-hybridized carbons (Fsp3) is 0.250. The predicted molar refractivity (Wildman–Crippen MR) is 62.8 cm³/mol. The number of nitrogens with zero attached hydrogens (tertiary/aromatic N) is 1. The summed E-state index contributed by atoms with van der Waals surface area (Å²) in [6.07, 6.45) is 0. The number of aryl methyl sites for hydroxylation is 1. The lowest BCUT2D eigenvalue weighted by Crippen LogP contribution is -1.82. The van der Waals surface area contributed by atoms with E-state index in [1.165, 1.54) is 0 Å². The second-order valence-corrected chi connectivity index (χ2v) is 3.17. The van der Waals surface area contributed by atoms with Crippen LogP contribution in [-0.4, -0.2) is 4.98 Å². The van der Waals surface area contributed by atoms with E-state index in [2.05, 4.69) is 4.98 Å². The van der Waals surface area contributed by atoms with Crippen LogP contribution < -0.4 is 0 Å². The van der Waals surface area contributed by atoms with Crippen LogP contribution in [0.4, 0.5) is 0 Å². The lowest BCUT2D eigenvalue weighted by Gasteiger charge is -1.99. The number of pyridine rings is 1. The molecule has 0 saturated heterocycles. The molecule has 0 bridgehead atoms. The highest BCUT2D eigenvalue weighted by Crippen LogP contribution is 2.20. The van der Waals surface area contributed by atoms with E-state index in [4.69, 9.17) is 11.6 Å². The van der Waals surface area contributed by atoms with Gasteiger partial charge >= 0.3 is 0 Å². The summed E-state index contributed by atoms with van der Waals surface area (Å²) >= 11 is 5.97. The summed E-state index contributed by atoms with van der Waals surface area (Å²) in [6, 6.07) is 9.81. The second kappa shape index (κ2) is 4.97. The lowest BCUT2D eigenvalue weighted by atomic mass is 10.2. The van der Waals surface area contributed by atoms with Gasteiger partial charge in [0, 0.05) is 11.1 Å². The van der Waals surface area contributed by atoms with E-state index in [1.807, 2.05) is 51.1 Å². The van der Waals surface area contributed by atoms with Gasteiger partial charge in [0.1, 0.15) is 0 Å². The van der Waals surface area contributed by atoms with Crippen LogP contribution in [0.1, 0.15) is 19.5 Å². The molecule has 0 atom stereocenters. The SMILES string of the molecule is CC.Cc1ccc2cccc(Cl)c2n1. The third-order valence-corrected chi connectivity index (χ3v) is 2.12. The van der Waals surface area contributed by atoms with Crippen molar-refractivity contribution in [2.75, 3.05) is 0 Å². The molecule has 1 aromatic carbocycles. The minimum atomic E-state index is 0.719. The number of aromatic nitrogens is 1. The number of para-hydroxylation sites is 1. The van der Waals surface area contributed by atoms with Gasteiger partial charge in [0.15, 0.2) is 0 Å². The van der Waals surface area contributed by atoms with Crippen molar-refractivity contribution in [3.05, 3.63) is 41.0 Å². The van der Waals surface area contributed by atoms with Gasteiger partial charge in [0.2, 0.25) is 0 Å². The van der Waals surface area contributed by atoms with Crippen molar-refractivity contribution < 1.29 is 0 Å². The first kappa shape index (κ1) is 11.0. The summed E-state index contributed by atoms with van der Waals surface area (Å²) < 4.78 is 0. The van der Waals surface area contributed by atoms with Gasteiger partial charge in [-0.05, 0) is 19.1 Å². The lowest BCUT2D eigenvalue weighted by molar-refractivity contribution is 1.26. The Hall–Kier alpha value is -1.08. The third kappa shape index (κ3) is 2.24. The molecule has 0 spiro atoms. The Morgan fingerprint density at radius 3 is 2.50 bits per heavy atom. The van der Waals surface area contributed by atoms with E-state index in [1.54, 1.807) is 0 Å². The van der Waals surface area contributed by atoms with Gasteiger partial charge in [-0.25, -0.2) is 0 Å². The first-order chi connectivity index (χ1) is 6.77. The van der Waals surface area contributed by atoms with Crippen LogP contribution in [0.3, 0.4) is 0 Å². The van der Waals surface area contributed by atoms with E-state index in [0.29, 0.717) is 0 Å². The van der Waals surface area contributed by atoms with Crippen LogP contribution >= 0.6 is 11.6 Å². The van der Waals surface area contributed by atoms with Crippen molar-refractivity contribution in [2.24, 2.45) is 0 Å². The molecular weight excluding hydrogens is 194 g/mol. The van der Waals surface area contributed by atoms with Gasteiger partial charge in [-0.2, -0.15) is 0 Å². The van der Waals surface area contributed by atoms with Crippen molar-refractivity contribution >= 4 is 22.5 Å². The molecule has 0 amide bonds. The first-order valence-electron chi connectivity index (χ1n) is 4.79. The van der Waals surface area contributed by atoms with Gasteiger partial charge in [0.05, 0.1) is 10.5 Å². The number of hydrogen-bond donors (Lipinski definition) is 0. The number of benzene rings is 1. The highest BCUT2D eigenvalue weighted by Gasteiger charge is 1.98.